The van der Waals surface area contributed by atoms with Gasteiger partial charge in [0.15, 0.2) is 0 Å². The van der Waals surface area contributed by atoms with Crippen LogP contribution in [0.3, 0.4) is 0 Å². The van der Waals surface area contributed by atoms with Crippen molar-refractivity contribution in [2.75, 3.05) is 0 Å². The Bertz CT molecular complexity index is 554. The molecule has 1 aromatic heterocycles. The van der Waals surface area contributed by atoms with Crippen LogP contribution in [-0.2, 0) is 9.31 Å². The van der Waals surface area contributed by atoms with Gasteiger partial charge in [-0.1, -0.05) is 6.07 Å². The second kappa shape index (κ2) is 4.79. The summed E-state index contributed by atoms with van der Waals surface area (Å²) in [6, 6.07) is 4.42. The minimum absolute atomic E-state index is 0.0960. The maximum absolute atomic E-state index is 12.6. The van der Waals surface area contributed by atoms with E-state index < -0.39 is 30.4 Å². The van der Waals surface area contributed by atoms with Gasteiger partial charge in [0.2, 0.25) is 0 Å². The highest BCUT2D eigenvalue weighted by molar-refractivity contribution is 6.62. The molecule has 0 aromatic carbocycles. The zero-order valence-corrected chi connectivity index (χ0v) is 11.8. The first-order chi connectivity index (χ1) is 9.18. The molecule has 0 amide bonds. The molecule has 7 heteroatoms. The normalized spacial score (nSPS) is 20.2. The van der Waals surface area contributed by atoms with Crippen molar-refractivity contribution in [2.24, 2.45) is 0 Å². The SMILES string of the molecule is CC1(C)OB(c2ccc(C(F)F)nc2C#N)OC1(C)C. The Labute approximate surface area is 116 Å². The third kappa shape index (κ3) is 2.41. The Balaban J connectivity index is 2.38. The Kier molecular flexibility index (Phi) is 3.57. The Morgan fingerprint density at radius 2 is 1.75 bits per heavy atom. The van der Waals surface area contributed by atoms with Crippen LogP contribution in [0, 0.1) is 11.3 Å². The van der Waals surface area contributed by atoms with Crippen molar-refractivity contribution in [3.05, 3.63) is 23.5 Å². The van der Waals surface area contributed by atoms with Crippen molar-refractivity contribution >= 4 is 12.6 Å². The molecule has 4 nitrogen and oxygen atoms in total. The zero-order valence-electron chi connectivity index (χ0n) is 11.8. The minimum atomic E-state index is -2.71. The monoisotopic (exact) mass is 280 g/mol. The van der Waals surface area contributed by atoms with Gasteiger partial charge in [0.1, 0.15) is 17.5 Å². The predicted octanol–water partition coefficient (Wildman–Crippen LogP) is 2.19. The minimum Gasteiger partial charge on any atom is -0.399 e. The van der Waals surface area contributed by atoms with E-state index in [1.165, 1.54) is 12.1 Å². The number of aromatic nitrogens is 1. The van der Waals surface area contributed by atoms with Gasteiger partial charge in [-0.25, -0.2) is 13.8 Å². The fraction of sp³-hybridized carbons (Fsp3) is 0.538. The fourth-order valence-corrected chi connectivity index (χ4v) is 1.86. The van der Waals surface area contributed by atoms with Crippen LogP contribution >= 0.6 is 0 Å². The summed E-state index contributed by atoms with van der Waals surface area (Å²) in [5.74, 6) is 0. The largest absolute Gasteiger partial charge is 0.497 e. The third-order valence-electron chi connectivity index (χ3n) is 3.78. The Morgan fingerprint density at radius 3 is 2.20 bits per heavy atom. The molecule has 1 aromatic rings. The van der Waals surface area contributed by atoms with Gasteiger partial charge in [-0.3, -0.25) is 0 Å². The molecule has 1 aliphatic heterocycles. The van der Waals surface area contributed by atoms with Crippen LogP contribution in [0.1, 0.15) is 45.5 Å². The number of hydrogen-bond donors (Lipinski definition) is 0. The van der Waals surface area contributed by atoms with Crippen LogP contribution in [0.5, 0.6) is 0 Å². The highest BCUT2D eigenvalue weighted by Gasteiger charge is 2.52. The predicted molar refractivity (Wildman–Crippen MR) is 69.6 cm³/mol. The summed E-state index contributed by atoms with van der Waals surface area (Å²) in [6.45, 7) is 7.50. The molecule has 0 unspecified atom stereocenters. The average molecular weight is 280 g/mol. The van der Waals surface area contributed by atoms with Crippen LogP contribution in [0.4, 0.5) is 8.78 Å². The van der Waals surface area contributed by atoms with Gasteiger partial charge >= 0.3 is 7.12 Å². The van der Waals surface area contributed by atoms with Crippen molar-refractivity contribution in [1.29, 1.82) is 5.26 Å². The second-order valence-corrected chi connectivity index (χ2v) is 5.67. The summed E-state index contributed by atoms with van der Waals surface area (Å²) in [5, 5.41) is 9.08. The first kappa shape index (κ1) is 14.9. The quantitative estimate of drug-likeness (QED) is 0.779. The number of hydrogen-bond acceptors (Lipinski definition) is 4. The van der Waals surface area contributed by atoms with Crippen LogP contribution in [0.25, 0.3) is 0 Å². The molecule has 0 spiro atoms. The zero-order chi connectivity index (χ0) is 15.1. The number of halogens is 2. The standard InChI is InChI=1S/C13H15BF2N2O2/c1-12(2)13(3,4)20-14(19-12)8-5-6-9(11(15)16)18-10(8)7-17/h5-6,11H,1-4H3. The summed E-state index contributed by atoms with van der Waals surface area (Å²) >= 11 is 0. The molecule has 0 bridgehead atoms. The van der Waals surface area contributed by atoms with Crippen molar-refractivity contribution in [3.8, 4) is 6.07 Å². The van der Waals surface area contributed by atoms with E-state index in [1.807, 2.05) is 33.8 Å². The van der Waals surface area contributed by atoms with E-state index in [-0.39, 0.29) is 5.69 Å². The van der Waals surface area contributed by atoms with E-state index in [9.17, 15) is 8.78 Å². The van der Waals surface area contributed by atoms with Gasteiger partial charge in [0.05, 0.1) is 11.2 Å². The van der Waals surface area contributed by atoms with E-state index in [2.05, 4.69) is 4.98 Å². The van der Waals surface area contributed by atoms with Crippen LogP contribution < -0.4 is 5.46 Å². The molecule has 1 aliphatic rings. The van der Waals surface area contributed by atoms with Crippen molar-refractivity contribution < 1.29 is 18.1 Å². The molecule has 20 heavy (non-hydrogen) atoms. The Morgan fingerprint density at radius 1 is 1.20 bits per heavy atom. The lowest BCUT2D eigenvalue weighted by atomic mass is 9.78. The molecule has 0 saturated carbocycles. The van der Waals surface area contributed by atoms with Gasteiger partial charge < -0.3 is 9.31 Å². The lowest BCUT2D eigenvalue weighted by molar-refractivity contribution is 0.00578. The van der Waals surface area contributed by atoms with E-state index in [4.69, 9.17) is 14.6 Å². The number of rotatable bonds is 2. The molecule has 1 saturated heterocycles. The lowest BCUT2D eigenvalue weighted by Gasteiger charge is -2.32. The van der Waals surface area contributed by atoms with E-state index in [0.29, 0.717) is 5.46 Å². The van der Waals surface area contributed by atoms with Gasteiger partial charge in [0.25, 0.3) is 6.43 Å². The molecule has 2 rings (SSSR count). The van der Waals surface area contributed by atoms with Crippen molar-refractivity contribution in [2.45, 2.75) is 45.3 Å². The maximum atomic E-state index is 12.6. The van der Waals surface area contributed by atoms with Gasteiger partial charge in [0, 0.05) is 5.46 Å². The molecule has 0 radical (unpaired) electrons. The molecular formula is C13H15BF2N2O2. The number of nitriles is 1. The number of pyridine rings is 1. The van der Waals surface area contributed by atoms with Crippen molar-refractivity contribution in [3.63, 3.8) is 0 Å². The van der Waals surface area contributed by atoms with E-state index in [1.54, 1.807) is 0 Å². The highest BCUT2D eigenvalue weighted by atomic mass is 19.3. The molecule has 0 aliphatic carbocycles. The number of alkyl halides is 2. The lowest BCUT2D eigenvalue weighted by Crippen LogP contribution is -2.41. The summed E-state index contributed by atoms with van der Waals surface area (Å²) in [4.78, 5) is 3.66. The highest BCUT2D eigenvalue weighted by Crippen LogP contribution is 2.36. The second-order valence-electron chi connectivity index (χ2n) is 5.67. The maximum Gasteiger partial charge on any atom is 0.497 e. The molecule has 2 heterocycles. The molecule has 0 N–H and O–H groups in total. The fourth-order valence-electron chi connectivity index (χ4n) is 1.86. The topological polar surface area (TPSA) is 55.1 Å². The van der Waals surface area contributed by atoms with E-state index in [0.717, 1.165) is 0 Å². The summed E-state index contributed by atoms with van der Waals surface area (Å²) in [6.07, 6.45) is -2.71. The molecular weight excluding hydrogens is 265 g/mol. The van der Waals surface area contributed by atoms with Crippen LogP contribution in [-0.4, -0.2) is 23.3 Å². The first-order valence-electron chi connectivity index (χ1n) is 6.22. The summed E-state index contributed by atoms with van der Waals surface area (Å²) in [7, 11) is -0.783. The molecule has 0 atom stereocenters. The average Bonchev–Trinajstić information content (AvgIpc) is 2.57. The van der Waals surface area contributed by atoms with Crippen molar-refractivity contribution in [1.82, 2.24) is 4.98 Å². The third-order valence-corrected chi connectivity index (χ3v) is 3.78. The molecule has 1 fully saturated rings. The smallest absolute Gasteiger partial charge is 0.399 e. The van der Waals surface area contributed by atoms with E-state index >= 15 is 0 Å². The van der Waals surface area contributed by atoms with Gasteiger partial charge in [-0.05, 0) is 33.8 Å². The summed E-state index contributed by atoms with van der Waals surface area (Å²) < 4.78 is 36.8. The van der Waals surface area contributed by atoms with Gasteiger partial charge in [-0.15, -0.1) is 0 Å². The summed E-state index contributed by atoms with van der Waals surface area (Å²) in [5.41, 5.74) is -1.28. The molecule has 106 valence electrons. The van der Waals surface area contributed by atoms with Crippen LogP contribution in [0.15, 0.2) is 12.1 Å². The van der Waals surface area contributed by atoms with Gasteiger partial charge in [-0.2, -0.15) is 5.26 Å². The van der Waals surface area contributed by atoms with Crippen LogP contribution in [0.2, 0.25) is 0 Å². The first-order valence-corrected chi connectivity index (χ1v) is 6.22. The number of nitrogens with zero attached hydrogens (tertiary/aromatic N) is 2. The Hall–Kier alpha value is -1.52.